The fraction of sp³-hybridized carbons (Fsp3) is 0.333. The second-order valence-corrected chi connectivity index (χ2v) is 7.22. The topological polar surface area (TPSA) is 30.9 Å². The van der Waals surface area contributed by atoms with E-state index in [1.54, 1.807) is 26.4 Å². The lowest BCUT2D eigenvalue weighted by molar-refractivity contribution is 0.351. The predicted octanol–water partition coefficient (Wildman–Crippen LogP) is 5.26. The predicted molar refractivity (Wildman–Crippen MR) is 115 cm³/mol. The lowest BCUT2D eigenvalue weighted by Crippen LogP contribution is -2.30. The summed E-state index contributed by atoms with van der Waals surface area (Å²) in [6.07, 6.45) is 4.24. The molecule has 4 nitrogen and oxygen atoms in total. The molecule has 0 radical (unpaired) electrons. The van der Waals surface area contributed by atoms with Crippen LogP contribution in [-0.4, -0.2) is 27.9 Å². The van der Waals surface area contributed by atoms with Gasteiger partial charge >= 0.3 is 0 Å². The van der Waals surface area contributed by atoms with Gasteiger partial charge in [-0.05, 0) is 61.7 Å². The van der Waals surface area contributed by atoms with E-state index in [-0.39, 0.29) is 5.82 Å². The summed E-state index contributed by atoms with van der Waals surface area (Å²) in [7, 11) is 4.71. The van der Waals surface area contributed by atoms with Gasteiger partial charge in [0.05, 0.1) is 21.3 Å². The number of benzene rings is 2. The van der Waals surface area contributed by atoms with E-state index >= 15 is 0 Å². The van der Waals surface area contributed by atoms with Gasteiger partial charge in [-0.1, -0.05) is 12.7 Å². The molecule has 0 aliphatic carbocycles. The summed E-state index contributed by atoms with van der Waals surface area (Å²) in [6.45, 7) is 8.92. The summed E-state index contributed by atoms with van der Waals surface area (Å²) in [5, 5.41) is 0. The maximum absolute atomic E-state index is 15.0. The van der Waals surface area contributed by atoms with Gasteiger partial charge in [0.2, 0.25) is 0 Å². The highest BCUT2D eigenvalue weighted by molar-refractivity contribution is 5.72. The van der Waals surface area contributed by atoms with E-state index < -0.39 is 5.41 Å². The van der Waals surface area contributed by atoms with Gasteiger partial charge < -0.3 is 19.1 Å². The Hall–Kier alpha value is -2.95. The minimum Gasteiger partial charge on any atom is -0.497 e. The fourth-order valence-corrected chi connectivity index (χ4v) is 4.21. The standard InChI is InChI=1S/C24H28FNO3/c1-7-9-23-24(3,15-16-12-21(28-5)22(29-6)14-19(16)25)18-13-17(27-4)10-11-20(18)26(23)8-2/h7,9-14H,1,8,15H2,2-6H3/b23-9-. The molecule has 0 saturated heterocycles. The van der Waals surface area contributed by atoms with Gasteiger partial charge in [0.15, 0.2) is 11.5 Å². The normalized spacial score (nSPS) is 19.2. The van der Waals surface area contributed by atoms with Crippen LogP contribution in [0.15, 0.2) is 54.8 Å². The Bertz CT molecular complexity index is 953. The number of anilines is 1. The maximum atomic E-state index is 15.0. The first-order chi connectivity index (χ1) is 13.9. The van der Waals surface area contributed by atoms with Crippen molar-refractivity contribution in [1.82, 2.24) is 0 Å². The third kappa shape index (κ3) is 3.46. The maximum Gasteiger partial charge on any atom is 0.163 e. The van der Waals surface area contributed by atoms with Gasteiger partial charge in [-0.25, -0.2) is 4.39 Å². The van der Waals surface area contributed by atoms with Gasteiger partial charge in [-0.2, -0.15) is 0 Å². The zero-order chi connectivity index (χ0) is 21.2. The van der Waals surface area contributed by atoms with Crippen LogP contribution in [0.25, 0.3) is 0 Å². The highest BCUT2D eigenvalue weighted by Gasteiger charge is 2.43. The van der Waals surface area contributed by atoms with Crippen molar-refractivity contribution in [3.05, 3.63) is 71.7 Å². The van der Waals surface area contributed by atoms with E-state index in [1.165, 1.54) is 13.2 Å². The van der Waals surface area contributed by atoms with Crippen molar-refractivity contribution in [1.29, 1.82) is 0 Å². The number of hydrogen-bond donors (Lipinski definition) is 0. The van der Waals surface area contributed by atoms with E-state index in [1.807, 2.05) is 18.2 Å². The van der Waals surface area contributed by atoms with Crippen molar-refractivity contribution in [2.24, 2.45) is 0 Å². The zero-order valence-electron chi connectivity index (χ0n) is 17.7. The minimum atomic E-state index is -0.464. The van der Waals surface area contributed by atoms with Gasteiger partial charge in [0.25, 0.3) is 0 Å². The van der Waals surface area contributed by atoms with E-state index in [4.69, 9.17) is 14.2 Å². The number of hydrogen-bond acceptors (Lipinski definition) is 4. The molecule has 0 amide bonds. The summed E-state index contributed by atoms with van der Waals surface area (Å²) < 4.78 is 31.1. The Labute approximate surface area is 172 Å². The Kier molecular flexibility index (Phi) is 5.87. The zero-order valence-corrected chi connectivity index (χ0v) is 17.7. The van der Waals surface area contributed by atoms with Crippen LogP contribution in [0, 0.1) is 5.82 Å². The third-order valence-electron chi connectivity index (χ3n) is 5.63. The van der Waals surface area contributed by atoms with Gasteiger partial charge in [0.1, 0.15) is 11.6 Å². The first-order valence-electron chi connectivity index (χ1n) is 9.63. The number of fused-ring (bicyclic) bond motifs is 1. The lowest BCUT2D eigenvalue weighted by Gasteiger charge is -2.30. The Morgan fingerprint density at radius 2 is 1.76 bits per heavy atom. The highest BCUT2D eigenvalue weighted by atomic mass is 19.1. The molecular weight excluding hydrogens is 369 g/mol. The summed E-state index contributed by atoms with van der Waals surface area (Å²) in [4.78, 5) is 2.25. The van der Waals surface area contributed by atoms with Crippen molar-refractivity contribution in [3.8, 4) is 17.2 Å². The van der Waals surface area contributed by atoms with Crippen molar-refractivity contribution >= 4 is 5.69 Å². The molecule has 0 bridgehead atoms. The third-order valence-corrected chi connectivity index (χ3v) is 5.63. The molecule has 3 rings (SSSR count). The Balaban J connectivity index is 2.18. The molecule has 0 fully saturated rings. The van der Waals surface area contributed by atoms with E-state index in [2.05, 4.69) is 31.4 Å². The quantitative estimate of drug-likeness (QED) is 0.638. The summed E-state index contributed by atoms with van der Waals surface area (Å²) in [5.74, 6) is 1.35. The van der Waals surface area contributed by atoms with Crippen LogP contribution in [-0.2, 0) is 11.8 Å². The molecular formula is C24H28FNO3. The van der Waals surface area contributed by atoms with Crippen LogP contribution in [0.4, 0.5) is 10.1 Å². The van der Waals surface area contributed by atoms with Crippen molar-refractivity contribution in [3.63, 3.8) is 0 Å². The lowest BCUT2D eigenvalue weighted by atomic mass is 9.76. The Morgan fingerprint density at radius 3 is 2.34 bits per heavy atom. The highest BCUT2D eigenvalue weighted by Crippen LogP contribution is 2.51. The average Bonchev–Trinajstić information content (AvgIpc) is 2.96. The van der Waals surface area contributed by atoms with Crippen molar-refractivity contribution < 1.29 is 18.6 Å². The number of rotatable bonds is 7. The summed E-state index contributed by atoms with van der Waals surface area (Å²) in [5.41, 5.74) is 3.37. The van der Waals surface area contributed by atoms with E-state index in [9.17, 15) is 4.39 Å². The summed E-state index contributed by atoms with van der Waals surface area (Å²) >= 11 is 0. The molecule has 1 atom stereocenters. The number of ether oxygens (including phenoxy) is 3. The number of methoxy groups -OCH3 is 3. The van der Waals surface area contributed by atoms with Crippen LogP contribution < -0.4 is 19.1 Å². The van der Waals surface area contributed by atoms with Crippen molar-refractivity contribution in [2.45, 2.75) is 25.7 Å². The molecule has 154 valence electrons. The summed E-state index contributed by atoms with van der Waals surface area (Å²) in [6, 6.07) is 9.16. The SMILES string of the molecule is C=C/C=C1\N(CC)c2ccc(OC)cc2C1(C)Cc1cc(OC)c(OC)cc1F. The first-order valence-corrected chi connectivity index (χ1v) is 9.63. The number of nitrogens with zero attached hydrogens (tertiary/aromatic N) is 1. The molecule has 1 heterocycles. The minimum absolute atomic E-state index is 0.318. The number of halogens is 1. The molecule has 1 aliphatic rings. The molecule has 0 N–H and O–H groups in total. The molecule has 0 spiro atoms. The molecule has 5 heteroatoms. The van der Waals surface area contributed by atoms with Crippen LogP contribution in [0.3, 0.4) is 0 Å². The first kappa shape index (κ1) is 20.8. The largest absolute Gasteiger partial charge is 0.497 e. The van der Waals surface area contributed by atoms with Crippen molar-refractivity contribution in [2.75, 3.05) is 32.8 Å². The number of allylic oxidation sites excluding steroid dienone is 3. The monoisotopic (exact) mass is 397 g/mol. The van der Waals surface area contributed by atoms with E-state index in [0.717, 1.165) is 29.2 Å². The van der Waals surface area contributed by atoms with Crippen LogP contribution in [0.1, 0.15) is 25.0 Å². The van der Waals surface area contributed by atoms with Crippen LogP contribution in [0.5, 0.6) is 17.2 Å². The molecule has 29 heavy (non-hydrogen) atoms. The Morgan fingerprint density at radius 1 is 1.07 bits per heavy atom. The van der Waals surface area contributed by atoms with E-state index in [0.29, 0.717) is 23.5 Å². The van der Waals surface area contributed by atoms with Crippen LogP contribution in [0.2, 0.25) is 0 Å². The van der Waals surface area contributed by atoms with Crippen LogP contribution >= 0.6 is 0 Å². The second kappa shape index (κ2) is 8.19. The number of likely N-dealkylation sites (N-methyl/N-ethyl adjacent to an activating group) is 1. The average molecular weight is 397 g/mol. The van der Waals surface area contributed by atoms with Gasteiger partial charge in [-0.3, -0.25) is 0 Å². The fourth-order valence-electron chi connectivity index (χ4n) is 4.21. The second-order valence-electron chi connectivity index (χ2n) is 7.22. The molecule has 0 aromatic heterocycles. The molecule has 2 aromatic carbocycles. The van der Waals surface area contributed by atoms with Gasteiger partial charge in [-0.15, -0.1) is 0 Å². The molecule has 2 aromatic rings. The van der Waals surface area contributed by atoms with Gasteiger partial charge in [0, 0.05) is 29.4 Å². The molecule has 0 saturated carbocycles. The molecule has 1 unspecified atom stereocenters. The molecule has 1 aliphatic heterocycles. The smallest absolute Gasteiger partial charge is 0.163 e.